The zero-order valence-corrected chi connectivity index (χ0v) is 22.4. The Kier molecular flexibility index (Phi) is 8.07. The molecule has 0 unspecified atom stereocenters. The lowest BCUT2D eigenvalue weighted by molar-refractivity contribution is 0.0203. The Morgan fingerprint density at radius 2 is 1.76 bits per heavy atom. The maximum Gasteiger partial charge on any atom is 0.410 e. The van der Waals surface area contributed by atoms with E-state index in [0.717, 1.165) is 11.3 Å². The minimum absolute atomic E-state index is 0.00414. The van der Waals surface area contributed by atoms with Crippen LogP contribution in [0.2, 0.25) is 5.02 Å². The van der Waals surface area contributed by atoms with Crippen molar-refractivity contribution in [2.24, 2.45) is 0 Å². The van der Waals surface area contributed by atoms with Crippen LogP contribution in [-0.2, 0) is 11.3 Å². The number of halogens is 1. The summed E-state index contributed by atoms with van der Waals surface area (Å²) in [6.45, 7) is 6.93. The normalized spacial score (nSPS) is 14.4. The van der Waals surface area contributed by atoms with Crippen molar-refractivity contribution in [2.45, 2.75) is 51.7 Å². The van der Waals surface area contributed by atoms with E-state index in [9.17, 15) is 9.59 Å². The van der Waals surface area contributed by atoms with Gasteiger partial charge in [-0.25, -0.2) is 9.48 Å². The van der Waals surface area contributed by atoms with Crippen LogP contribution >= 0.6 is 11.6 Å². The highest BCUT2D eigenvalue weighted by Gasteiger charge is 2.32. The summed E-state index contributed by atoms with van der Waals surface area (Å²) in [7, 11) is 1.61. The molecule has 8 nitrogen and oxygen atoms in total. The van der Waals surface area contributed by atoms with Gasteiger partial charge in [0.2, 0.25) is 0 Å². The maximum atomic E-state index is 13.4. The molecular formula is C28H33ClN4O4. The van der Waals surface area contributed by atoms with E-state index in [1.54, 1.807) is 29.0 Å². The van der Waals surface area contributed by atoms with Crippen molar-refractivity contribution in [3.05, 3.63) is 76.6 Å². The molecule has 2 aromatic carbocycles. The SMILES string of the molecule is COc1ccccc1CNC(=O)c1cnn(-c2ccccc2Cl)c1C1CCN(C(=O)OC(C)(C)C)CC1. The molecule has 1 N–H and O–H groups in total. The molecular weight excluding hydrogens is 492 g/mol. The van der Waals surface area contributed by atoms with Gasteiger partial charge >= 0.3 is 6.09 Å². The molecule has 1 aromatic heterocycles. The molecule has 2 heterocycles. The summed E-state index contributed by atoms with van der Waals surface area (Å²) in [6.07, 6.45) is 2.61. The molecule has 4 rings (SSSR count). The monoisotopic (exact) mass is 524 g/mol. The highest BCUT2D eigenvalue weighted by Crippen LogP contribution is 2.34. The lowest BCUT2D eigenvalue weighted by Crippen LogP contribution is -2.41. The number of carbonyl (C=O) groups is 2. The third-order valence-electron chi connectivity index (χ3n) is 6.30. The molecule has 3 aromatic rings. The van der Waals surface area contributed by atoms with Crippen LogP contribution in [0.5, 0.6) is 5.75 Å². The van der Waals surface area contributed by atoms with Gasteiger partial charge in [-0.2, -0.15) is 5.10 Å². The summed E-state index contributed by atoms with van der Waals surface area (Å²) in [5.74, 6) is 0.488. The topological polar surface area (TPSA) is 85.7 Å². The van der Waals surface area contributed by atoms with Gasteiger partial charge in [-0.3, -0.25) is 4.79 Å². The van der Waals surface area contributed by atoms with Gasteiger partial charge < -0.3 is 19.7 Å². The number of amides is 2. The Morgan fingerprint density at radius 3 is 2.43 bits per heavy atom. The van der Waals surface area contributed by atoms with E-state index in [-0.39, 0.29) is 17.9 Å². The fourth-order valence-electron chi connectivity index (χ4n) is 4.52. The van der Waals surface area contributed by atoms with Crippen molar-refractivity contribution in [3.63, 3.8) is 0 Å². The minimum Gasteiger partial charge on any atom is -0.496 e. The number of aromatic nitrogens is 2. The standard InChI is InChI=1S/C28H33ClN4O4/c1-28(2,3)37-27(35)32-15-13-19(14-16-32)25-21(18-31-33(25)23-11-7-6-10-22(23)29)26(34)30-17-20-9-5-8-12-24(20)36-4/h5-12,18-19H,13-17H2,1-4H3,(H,30,34). The van der Waals surface area contributed by atoms with Crippen molar-refractivity contribution in [2.75, 3.05) is 20.2 Å². The van der Waals surface area contributed by atoms with Gasteiger partial charge in [-0.15, -0.1) is 0 Å². The first-order valence-corrected chi connectivity index (χ1v) is 12.8. The van der Waals surface area contributed by atoms with E-state index in [4.69, 9.17) is 21.1 Å². The van der Waals surface area contributed by atoms with E-state index in [2.05, 4.69) is 10.4 Å². The number of ether oxygens (including phenoxy) is 2. The average molecular weight is 525 g/mol. The first-order valence-electron chi connectivity index (χ1n) is 12.4. The zero-order chi connectivity index (χ0) is 26.6. The molecule has 2 amide bonds. The highest BCUT2D eigenvalue weighted by molar-refractivity contribution is 6.32. The summed E-state index contributed by atoms with van der Waals surface area (Å²) >= 11 is 6.51. The Balaban J connectivity index is 1.59. The number of likely N-dealkylation sites (tertiary alicyclic amines) is 1. The number of hydrogen-bond acceptors (Lipinski definition) is 5. The number of benzene rings is 2. The lowest BCUT2D eigenvalue weighted by atomic mass is 9.90. The first-order chi connectivity index (χ1) is 17.7. The van der Waals surface area contributed by atoms with E-state index >= 15 is 0 Å². The lowest BCUT2D eigenvalue weighted by Gasteiger charge is -2.34. The number of para-hydroxylation sites is 2. The van der Waals surface area contributed by atoms with E-state index < -0.39 is 5.60 Å². The van der Waals surface area contributed by atoms with E-state index in [0.29, 0.717) is 54.5 Å². The molecule has 0 atom stereocenters. The summed E-state index contributed by atoms with van der Waals surface area (Å²) in [5.41, 5.74) is 2.31. The number of methoxy groups -OCH3 is 1. The Morgan fingerprint density at radius 1 is 1.08 bits per heavy atom. The van der Waals surface area contributed by atoms with Crippen LogP contribution < -0.4 is 10.1 Å². The van der Waals surface area contributed by atoms with Crippen molar-refractivity contribution in [3.8, 4) is 11.4 Å². The number of carbonyl (C=O) groups excluding carboxylic acids is 2. The summed E-state index contributed by atoms with van der Waals surface area (Å²) in [5, 5.41) is 8.13. The van der Waals surface area contributed by atoms with Crippen molar-refractivity contribution >= 4 is 23.6 Å². The second-order valence-corrected chi connectivity index (χ2v) is 10.5. The van der Waals surface area contributed by atoms with Gasteiger partial charge in [-0.1, -0.05) is 41.9 Å². The summed E-state index contributed by atoms with van der Waals surface area (Å²) in [6, 6.07) is 15.0. The quantitative estimate of drug-likeness (QED) is 0.455. The Hall–Kier alpha value is -3.52. The largest absolute Gasteiger partial charge is 0.496 e. The third-order valence-corrected chi connectivity index (χ3v) is 6.62. The van der Waals surface area contributed by atoms with Crippen LogP contribution in [0.1, 0.15) is 61.1 Å². The van der Waals surface area contributed by atoms with E-state index in [1.807, 2.05) is 63.2 Å². The number of nitrogens with one attached hydrogen (secondary N) is 1. The molecule has 1 fully saturated rings. The molecule has 37 heavy (non-hydrogen) atoms. The zero-order valence-electron chi connectivity index (χ0n) is 21.7. The van der Waals surface area contributed by atoms with Crippen LogP contribution in [-0.4, -0.2) is 52.5 Å². The predicted molar refractivity (Wildman–Crippen MR) is 143 cm³/mol. The molecule has 0 radical (unpaired) electrons. The second-order valence-electron chi connectivity index (χ2n) is 10.0. The number of nitrogens with zero attached hydrogens (tertiary/aromatic N) is 3. The fourth-order valence-corrected chi connectivity index (χ4v) is 4.74. The molecule has 1 saturated heterocycles. The second kappa shape index (κ2) is 11.3. The number of rotatable bonds is 6. The average Bonchev–Trinajstić information content (AvgIpc) is 3.32. The van der Waals surface area contributed by atoms with E-state index in [1.165, 1.54) is 0 Å². The molecule has 196 valence electrons. The van der Waals surface area contributed by atoms with Crippen LogP contribution in [0.4, 0.5) is 4.79 Å². The summed E-state index contributed by atoms with van der Waals surface area (Å²) in [4.78, 5) is 27.7. The van der Waals surface area contributed by atoms with Crippen LogP contribution in [0.25, 0.3) is 5.69 Å². The Bertz CT molecular complexity index is 1260. The van der Waals surface area contributed by atoms with Gasteiger partial charge in [0.25, 0.3) is 5.91 Å². The smallest absolute Gasteiger partial charge is 0.410 e. The first kappa shape index (κ1) is 26.5. The van der Waals surface area contributed by atoms with Gasteiger partial charge in [0.1, 0.15) is 11.4 Å². The van der Waals surface area contributed by atoms with Crippen molar-refractivity contribution < 1.29 is 19.1 Å². The predicted octanol–water partition coefficient (Wildman–Crippen LogP) is 5.58. The van der Waals surface area contributed by atoms with Gasteiger partial charge in [0.15, 0.2) is 0 Å². The van der Waals surface area contributed by atoms with Gasteiger partial charge in [0, 0.05) is 31.1 Å². The molecule has 9 heteroatoms. The third kappa shape index (κ3) is 6.25. The minimum atomic E-state index is -0.552. The molecule has 1 aliphatic heterocycles. The van der Waals surface area contributed by atoms with Crippen molar-refractivity contribution in [1.82, 2.24) is 20.0 Å². The fraction of sp³-hybridized carbons (Fsp3) is 0.393. The molecule has 0 aliphatic carbocycles. The number of hydrogen-bond donors (Lipinski definition) is 1. The Labute approximate surface area is 222 Å². The van der Waals surface area contributed by atoms with Crippen LogP contribution in [0.3, 0.4) is 0 Å². The highest BCUT2D eigenvalue weighted by atomic mass is 35.5. The number of piperidine rings is 1. The van der Waals surface area contributed by atoms with Crippen LogP contribution in [0, 0.1) is 0 Å². The molecule has 1 aliphatic rings. The van der Waals surface area contributed by atoms with Gasteiger partial charge in [0.05, 0.1) is 35.3 Å². The molecule has 0 bridgehead atoms. The maximum absolute atomic E-state index is 13.4. The van der Waals surface area contributed by atoms with Gasteiger partial charge in [-0.05, 0) is 51.8 Å². The molecule has 0 saturated carbocycles. The molecule has 0 spiro atoms. The van der Waals surface area contributed by atoms with Crippen LogP contribution in [0.15, 0.2) is 54.7 Å². The summed E-state index contributed by atoms with van der Waals surface area (Å²) < 4.78 is 12.7. The van der Waals surface area contributed by atoms with Crippen molar-refractivity contribution in [1.29, 1.82) is 0 Å².